The Balaban J connectivity index is 1.58. The van der Waals surface area contributed by atoms with Gasteiger partial charge in [0.2, 0.25) is 0 Å². The standard InChI is InChI=1S/C29H35NO3/c1-5-30-24-15-16-26-25(19-24)27(31-18-17-22-9-7-6-8-10-22)28(29(3,4)33-26)32-20-23-13-11-21(2)12-14-23/h6-16,19,27-28,30H,5,17-18,20H2,1-4H3. The van der Waals surface area contributed by atoms with Gasteiger partial charge in [-0.3, -0.25) is 0 Å². The van der Waals surface area contributed by atoms with Crippen molar-refractivity contribution in [1.82, 2.24) is 0 Å². The number of ether oxygens (including phenoxy) is 3. The summed E-state index contributed by atoms with van der Waals surface area (Å²) >= 11 is 0. The first-order chi connectivity index (χ1) is 16.0. The number of hydrogen-bond acceptors (Lipinski definition) is 4. The Bertz CT molecular complexity index is 1030. The molecular formula is C29H35NO3. The van der Waals surface area contributed by atoms with E-state index < -0.39 is 5.60 Å². The first-order valence-electron chi connectivity index (χ1n) is 11.9. The number of benzene rings is 3. The van der Waals surface area contributed by atoms with Crippen LogP contribution in [0.1, 0.15) is 49.1 Å². The molecule has 0 spiro atoms. The van der Waals surface area contributed by atoms with Crippen LogP contribution in [0.4, 0.5) is 5.69 Å². The second-order valence-electron chi connectivity index (χ2n) is 9.23. The number of rotatable bonds is 9. The second kappa shape index (κ2) is 10.4. The highest BCUT2D eigenvalue weighted by Crippen LogP contribution is 2.44. The van der Waals surface area contributed by atoms with Gasteiger partial charge in [-0.25, -0.2) is 0 Å². The first-order valence-corrected chi connectivity index (χ1v) is 11.9. The highest BCUT2D eigenvalue weighted by Gasteiger charge is 2.45. The minimum Gasteiger partial charge on any atom is -0.485 e. The Kier molecular flexibility index (Phi) is 7.36. The lowest BCUT2D eigenvalue weighted by Gasteiger charge is -2.44. The third-order valence-electron chi connectivity index (χ3n) is 6.11. The van der Waals surface area contributed by atoms with Crippen LogP contribution in [0.15, 0.2) is 72.8 Å². The number of aryl methyl sites for hydroxylation is 1. The summed E-state index contributed by atoms with van der Waals surface area (Å²) < 4.78 is 19.5. The molecule has 0 aliphatic carbocycles. The monoisotopic (exact) mass is 445 g/mol. The molecule has 1 N–H and O–H groups in total. The van der Waals surface area contributed by atoms with E-state index in [4.69, 9.17) is 14.2 Å². The van der Waals surface area contributed by atoms with Gasteiger partial charge in [-0.2, -0.15) is 0 Å². The Morgan fingerprint density at radius 3 is 2.39 bits per heavy atom. The quantitative estimate of drug-likeness (QED) is 0.409. The van der Waals surface area contributed by atoms with Crippen LogP contribution in [0.3, 0.4) is 0 Å². The van der Waals surface area contributed by atoms with E-state index in [0.717, 1.165) is 35.5 Å². The van der Waals surface area contributed by atoms with Crippen molar-refractivity contribution in [2.24, 2.45) is 0 Å². The molecule has 0 fully saturated rings. The maximum absolute atomic E-state index is 6.57. The third kappa shape index (κ3) is 5.76. The van der Waals surface area contributed by atoms with Crippen molar-refractivity contribution in [2.75, 3.05) is 18.5 Å². The zero-order valence-electron chi connectivity index (χ0n) is 20.1. The van der Waals surface area contributed by atoms with Gasteiger partial charge in [0.15, 0.2) is 0 Å². The topological polar surface area (TPSA) is 39.7 Å². The van der Waals surface area contributed by atoms with Crippen LogP contribution in [-0.4, -0.2) is 24.9 Å². The van der Waals surface area contributed by atoms with Crippen LogP contribution < -0.4 is 10.1 Å². The van der Waals surface area contributed by atoms with Crippen molar-refractivity contribution >= 4 is 5.69 Å². The Hall–Kier alpha value is -2.82. The number of fused-ring (bicyclic) bond motifs is 1. The van der Waals surface area contributed by atoms with Crippen molar-refractivity contribution in [3.05, 3.63) is 95.1 Å². The van der Waals surface area contributed by atoms with E-state index in [2.05, 4.69) is 93.7 Å². The molecule has 0 bridgehead atoms. The number of nitrogens with one attached hydrogen (secondary N) is 1. The molecule has 1 heterocycles. The molecule has 174 valence electrons. The predicted molar refractivity (Wildman–Crippen MR) is 134 cm³/mol. The van der Waals surface area contributed by atoms with Gasteiger partial charge in [-0.05, 0) is 63.4 Å². The van der Waals surface area contributed by atoms with E-state index in [1.54, 1.807) is 0 Å². The van der Waals surface area contributed by atoms with Crippen LogP contribution in [0.2, 0.25) is 0 Å². The molecular weight excluding hydrogens is 410 g/mol. The first kappa shape index (κ1) is 23.3. The molecule has 3 aromatic rings. The molecule has 0 saturated heterocycles. The van der Waals surface area contributed by atoms with Crippen molar-refractivity contribution in [2.45, 2.75) is 58.5 Å². The SMILES string of the molecule is CCNc1ccc2c(c1)C(OCCc1ccccc1)C(OCc1ccc(C)cc1)C(C)(C)O2. The van der Waals surface area contributed by atoms with Gasteiger partial charge in [0, 0.05) is 17.8 Å². The summed E-state index contributed by atoms with van der Waals surface area (Å²) in [5, 5.41) is 3.41. The van der Waals surface area contributed by atoms with E-state index in [-0.39, 0.29) is 12.2 Å². The molecule has 1 aliphatic rings. The van der Waals surface area contributed by atoms with E-state index in [1.165, 1.54) is 11.1 Å². The van der Waals surface area contributed by atoms with Crippen molar-refractivity contribution in [3.63, 3.8) is 0 Å². The van der Waals surface area contributed by atoms with Gasteiger partial charge >= 0.3 is 0 Å². The smallest absolute Gasteiger partial charge is 0.132 e. The fraction of sp³-hybridized carbons (Fsp3) is 0.379. The molecule has 0 saturated carbocycles. The van der Waals surface area contributed by atoms with E-state index in [9.17, 15) is 0 Å². The highest BCUT2D eigenvalue weighted by molar-refractivity contribution is 5.53. The van der Waals surface area contributed by atoms with Crippen LogP contribution in [0.25, 0.3) is 0 Å². The molecule has 0 amide bonds. The van der Waals surface area contributed by atoms with Gasteiger partial charge < -0.3 is 19.5 Å². The van der Waals surface area contributed by atoms with Crippen molar-refractivity contribution < 1.29 is 14.2 Å². The molecule has 0 radical (unpaired) electrons. The van der Waals surface area contributed by atoms with Crippen LogP contribution >= 0.6 is 0 Å². The summed E-state index contributed by atoms with van der Waals surface area (Å²) in [6, 6.07) is 25.2. The Morgan fingerprint density at radius 1 is 0.909 bits per heavy atom. The van der Waals surface area contributed by atoms with Gasteiger partial charge in [-0.15, -0.1) is 0 Å². The maximum Gasteiger partial charge on any atom is 0.132 e. The second-order valence-corrected chi connectivity index (χ2v) is 9.23. The van der Waals surface area contributed by atoms with E-state index in [1.807, 2.05) is 12.1 Å². The molecule has 2 atom stereocenters. The lowest BCUT2D eigenvalue weighted by atomic mass is 9.87. The summed E-state index contributed by atoms with van der Waals surface area (Å²) in [5.41, 5.74) is 5.22. The largest absolute Gasteiger partial charge is 0.485 e. The summed E-state index contributed by atoms with van der Waals surface area (Å²) in [7, 11) is 0. The van der Waals surface area contributed by atoms with Crippen LogP contribution in [0, 0.1) is 6.92 Å². The lowest BCUT2D eigenvalue weighted by Crippen LogP contribution is -2.51. The molecule has 4 nitrogen and oxygen atoms in total. The molecule has 2 unspecified atom stereocenters. The highest BCUT2D eigenvalue weighted by atomic mass is 16.6. The Morgan fingerprint density at radius 2 is 1.67 bits per heavy atom. The predicted octanol–water partition coefficient (Wildman–Crippen LogP) is 6.48. The lowest BCUT2D eigenvalue weighted by molar-refractivity contribution is -0.167. The van der Waals surface area contributed by atoms with Gasteiger partial charge in [0.25, 0.3) is 0 Å². The average molecular weight is 446 g/mol. The fourth-order valence-corrected chi connectivity index (χ4v) is 4.33. The number of anilines is 1. The molecule has 4 heteroatoms. The molecule has 1 aliphatic heterocycles. The van der Waals surface area contributed by atoms with Crippen molar-refractivity contribution in [1.29, 1.82) is 0 Å². The van der Waals surface area contributed by atoms with Gasteiger partial charge in [-0.1, -0.05) is 60.2 Å². The average Bonchev–Trinajstić information content (AvgIpc) is 2.80. The molecule has 33 heavy (non-hydrogen) atoms. The molecule has 4 rings (SSSR count). The summed E-state index contributed by atoms with van der Waals surface area (Å²) in [5.74, 6) is 0.863. The normalized spacial score (nSPS) is 18.9. The Labute approximate surface area is 197 Å². The fourth-order valence-electron chi connectivity index (χ4n) is 4.33. The van der Waals surface area contributed by atoms with Crippen molar-refractivity contribution in [3.8, 4) is 5.75 Å². The maximum atomic E-state index is 6.57. The van der Waals surface area contributed by atoms with Crippen LogP contribution in [0.5, 0.6) is 5.75 Å². The zero-order valence-corrected chi connectivity index (χ0v) is 20.1. The van der Waals surface area contributed by atoms with Gasteiger partial charge in [0.1, 0.15) is 23.6 Å². The molecule has 3 aromatic carbocycles. The van der Waals surface area contributed by atoms with Crippen LogP contribution in [-0.2, 0) is 22.5 Å². The minimum atomic E-state index is -0.533. The van der Waals surface area contributed by atoms with E-state index >= 15 is 0 Å². The summed E-state index contributed by atoms with van der Waals surface area (Å²) in [6.07, 6.45) is 0.376. The molecule has 0 aromatic heterocycles. The summed E-state index contributed by atoms with van der Waals surface area (Å²) in [6.45, 7) is 10.3. The minimum absolute atomic E-state index is 0.225. The van der Waals surface area contributed by atoms with E-state index in [0.29, 0.717) is 13.2 Å². The summed E-state index contributed by atoms with van der Waals surface area (Å²) in [4.78, 5) is 0. The third-order valence-corrected chi connectivity index (χ3v) is 6.11. The zero-order chi connectivity index (χ0) is 23.3. The number of hydrogen-bond donors (Lipinski definition) is 1. The van der Waals surface area contributed by atoms with Gasteiger partial charge in [0.05, 0.1) is 13.2 Å².